The first kappa shape index (κ1) is 16.3. The number of hydrogen-bond acceptors (Lipinski definition) is 2. The number of carboxylic acids is 1. The van der Waals surface area contributed by atoms with Crippen LogP contribution in [-0.4, -0.2) is 23.7 Å². The van der Waals surface area contributed by atoms with Gasteiger partial charge in [0.1, 0.15) is 0 Å². The van der Waals surface area contributed by atoms with Crippen molar-refractivity contribution in [1.29, 1.82) is 0 Å². The molecule has 5 nitrogen and oxygen atoms in total. The number of halogens is 1. The van der Waals surface area contributed by atoms with E-state index < -0.39 is 5.97 Å². The lowest BCUT2D eigenvalue weighted by atomic mass is 10.0. The summed E-state index contributed by atoms with van der Waals surface area (Å²) in [5.41, 5.74) is 0.469. The number of rotatable bonds is 6. The first-order valence-corrected chi connectivity index (χ1v) is 6.93. The molecule has 0 aliphatic heterocycles. The van der Waals surface area contributed by atoms with Gasteiger partial charge in [-0.1, -0.05) is 38.3 Å². The van der Waals surface area contributed by atoms with Crippen molar-refractivity contribution >= 4 is 29.3 Å². The maximum absolute atomic E-state index is 11.7. The summed E-state index contributed by atoms with van der Waals surface area (Å²) < 4.78 is 0. The Kier molecular flexibility index (Phi) is 6.31. The second-order valence-electron chi connectivity index (χ2n) is 4.52. The predicted octanol–water partition coefficient (Wildman–Crippen LogP) is 3.60. The Morgan fingerprint density at radius 2 is 1.95 bits per heavy atom. The summed E-state index contributed by atoms with van der Waals surface area (Å²) in [6.07, 6.45) is 2.02. The number of hydrogen-bond donors (Lipinski definition) is 3. The van der Waals surface area contributed by atoms with Gasteiger partial charge in [0.15, 0.2) is 0 Å². The quantitative estimate of drug-likeness (QED) is 0.751. The lowest BCUT2D eigenvalue weighted by Crippen LogP contribution is -2.32. The van der Waals surface area contributed by atoms with Crippen molar-refractivity contribution in [3.63, 3.8) is 0 Å². The lowest BCUT2D eigenvalue weighted by Gasteiger charge is -2.14. The molecule has 1 aromatic carbocycles. The number of nitrogens with one attached hydrogen (secondary N) is 2. The molecule has 0 bridgehead atoms. The number of anilines is 1. The third-order valence-corrected chi connectivity index (χ3v) is 3.48. The highest BCUT2D eigenvalue weighted by atomic mass is 35.5. The topological polar surface area (TPSA) is 78.4 Å². The molecule has 6 heteroatoms. The van der Waals surface area contributed by atoms with Crippen LogP contribution >= 0.6 is 11.6 Å². The Hall–Kier alpha value is -1.75. The number of urea groups is 1. The Balaban J connectivity index is 2.58. The molecule has 0 saturated carbocycles. The van der Waals surface area contributed by atoms with Gasteiger partial charge >= 0.3 is 12.0 Å². The summed E-state index contributed by atoms with van der Waals surface area (Å²) >= 11 is 5.83. The van der Waals surface area contributed by atoms with Crippen molar-refractivity contribution in [3.8, 4) is 0 Å². The zero-order valence-corrected chi connectivity index (χ0v) is 12.3. The van der Waals surface area contributed by atoms with E-state index >= 15 is 0 Å². The van der Waals surface area contributed by atoms with Crippen LogP contribution in [0.1, 0.15) is 37.0 Å². The van der Waals surface area contributed by atoms with E-state index in [1.54, 1.807) is 0 Å². The molecule has 0 aliphatic carbocycles. The second kappa shape index (κ2) is 7.75. The summed E-state index contributed by atoms with van der Waals surface area (Å²) in [5.74, 6) is -0.640. The van der Waals surface area contributed by atoms with E-state index in [2.05, 4.69) is 24.5 Å². The van der Waals surface area contributed by atoms with Crippen LogP contribution in [0.2, 0.25) is 5.02 Å². The van der Waals surface area contributed by atoms with E-state index in [0.717, 1.165) is 12.8 Å². The van der Waals surface area contributed by atoms with Crippen LogP contribution in [0, 0.1) is 5.92 Å². The van der Waals surface area contributed by atoms with Gasteiger partial charge in [0, 0.05) is 12.2 Å². The van der Waals surface area contributed by atoms with E-state index in [1.165, 1.54) is 18.2 Å². The van der Waals surface area contributed by atoms with Gasteiger partial charge < -0.3 is 15.7 Å². The van der Waals surface area contributed by atoms with Crippen molar-refractivity contribution in [3.05, 3.63) is 28.8 Å². The van der Waals surface area contributed by atoms with Crippen LogP contribution in [0.4, 0.5) is 10.5 Å². The normalized spacial score (nSPS) is 10.4. The molecule has 0 aliphatic rings. The molecule has 0 aromatic heterocycles. The molecule has 3 N–H and O–H groups in total. The molecule has 1 rings (SSSR count). The Bertz CT molecular complexity index is 487. The highest BCUT2D eigenvalue weighted by Crippen LogP contribution is 2.20. The molecule has 110 valence electrons. The van der Waals surface area contributed by atoms with Crippen LogP contribution in [-0.2, 0) is 0 Å². The van der Waals surface area contributed by atoms with Crippen molar-refractivity contribution < 1.29 is 14.7 Å². The van der Waals surface area contributed by atoms with Crippen LogP contribution in [0.15, 0.2) is 18.2 Å². The van der Waals surface area contributed by atoms with Crippen LogP contribution < -0.4 is 10.6 Å². The molecule has 0 spiro atoms. The highest BCUT2D eigenvalue weighted by molar-refractivity contribution is 6.33. The fourth-order valence-electron chi connectivity index (χ4n) is 1.76. The average Bonchev–Trinajstić information content (AvgIpc) is 2.39. The third kappa shape index (κ3) is 4.74. The van der Waals surface area contributed by atoms with E-state index in [0.29, 0.717) is 18.2 Å². The number of benzene rings is 1. The first-order chi connectivity index (χ1) is 9.47. The van der Waals surface area contributed by atoms with E-state index in [4.69, 9.17) is 16.7 Å². The van der Waals surface area contributed by atoms with Gasteiger partial charge in [-0.25, -0.2) is 9.59 Å². The highest BCUT2D eigenvalue weighted by Gasteiger charge is 2.11. The summed E-state index contributed by atoms with van der Waals surface area (Å²) in [6.45, 7) is 4.77. The van der Waals surface area contributed by atoms with Gasteiger partial charge in [0.05, 0.1) is 10.6 Å². The maximum atomic E-state index is 11.7. The van der Waals surface area contributed by atoms with E-state index in [1.807, 2.05) is 0 Å². The summed E-state index contributed by atoms with van der Waals surface area (Å²) in [6, 6.07) is 3.96. The first-order valence-electron chi connectivity index (χ1n) is 6.55. The lowest BCUT2D eigenvalue weighted by molar-refractivity contribution is 0.0697. The van der Waals surface area contributed by atoms with Gasteiger partial charge in [-0.3, -0.25) is 0 Å². The summed E-state index contributed by atoms with van der Waals surface area (Å²) in [5, 5.41) is 14.4. The smallest absolute Gasteiger partial charge is 0.337 e. The monoisotopic (exact) mass is 298 g/mol. The Morgan fingerprint density at radius 1 is 1.30 bits per heavy atom. The minimum atomic E-state index is -1.10. The molecule has 0 saturated heterocycles. The largest absolute Gasteiger partial charge is 0.478 e. The minimum Gasteiger partial charge on any atom is -0.478 e. The van der Waals surface area contributed by atoms with Crippen molar-refractivity contribution in [1.82, 2.24) is 5.32 Å². The Morgan fingerprint density at radius 3 is 2.45 bits per heavy atom. The molecular weight excluding hydrogens is 280 g/mol. The fraction of sp³-hybridized carbons (Fsp3) is 0.429. The third-order valence-electron chi connectivity index (χ3n) is 3.16. The van der Waals surface area contributed by atoms with Gasteiger partial charge in [0.2, 0.25) is 0 Å². The summed E-state index contributed by atoms with van der Waals surface area (Å²) in [4.78, 5) is 22.5. The molecule has 1 aromatic rings. The molecule has 0 unspecified atom stereocenters. The van der Waals surface area contributed by atoms with Crippen LogP contribution in [0.5, 0.6) is 0 Å². The van der Waals surface area contributed by atoms with Crippen molar-refractivity contribution in [2.45, 2.75) is 26.7 Å². The van der Waals surface area contributed by atoms with Crippen molar-refractivity contribution in [2.24, 2.45) is 5.92 Å². The molecular formula is C14H19ClN2O3. The molecule has 0 atom stereocenters. The molecule has 0 heterocycles. The second-order valence-corrected chi connectivity index (χ2v) is 4.92. The number of carbonyl (C=O) groups is 2. The maximum Gasteiger partial charge on any atom is 0.337 e. The zero-order valence-electron chi connectivity index (χ0n) is 11.6. The van der Waals surface area contributed by atoms with E-state index in [-0.39, 0.29) is 16.6 Å². The minimum absolute atomic E-state index is 0.00894. The SMILES string of the molecule is CCC(CC)CNC(=O)Nc1ccc(C(=O)O)c(Cl)c1. The fourth-order valence-corrected chi connectivity index (χ4v) is 2.02. The van der Waals surface area contributed by atoms with E-state index in [9.17, 15) is 9.59 Å². The van der Waals surface area contributed by atoms with Crippen LogP contribution in [0.25, 0.3) is 0 Å². The average molecular weight is 299 g/mol. The molecule has 0 radical (unpaired) electrons. The molecule has 20 heavy (non-hydrogen) atoms. The zero-order chi connectivity index (χ0) is 15.1. The molecule has 0 fully saturated rings. The van der Waals surface area contributed by atoms with Crippen LogP contribution in [0.3, 0.4) is 0 Å². The van der Waals surface area contributed by atoms with Gasteiger partial charge in [-0.05, 0) is 24.1 Å². The number of carboxylic acid groups (broad SMARTS) is 1. The van der Waals surface area contributed by atoms with Crippen molar-refractivity contribution in [2.75, 3.05) is 11.9 Å². The van der Waals surface area contributed by atoms with Gasteiger partial charge in [-0.15, -0.1) is 0 Å². The Labute approximate surface area is 123 Å². The number of amides is 2. The van der Waals surface area contributed by atoms with Gasteiger partial charge in [-0.2, -0.15) is 0 Å². The summed E-state index contributed by atoms with van der Waals surface area (Å²) in [7, 11) is 0. The molecule has 2 amide bonds. The van der Waals surface area contributed by atoms with Gasteiger partial charge in [0.25, 0.3) is 0 Å². The number of aromatic carboxylic acids is 1. The predicted molar refractivity (Wildman–Crippen MR) is 79.5 cm³/mol. The standard InChI is InChI=1S/C14H19ClN2O3/c1-3-9(4-2)8-16-14(20)17-10-5-6-11(13(18)19)12(15)7-10/h5-7,9H,3-4,8H2,1-2H3,(H,18,19)(H2,16,17,20). The number of carbonyl (C=O) groups excluding carboxylic acids is 1.